The molecular formula is C20H21N3O2. The van der Waals surface area contributed by atoms with Gasteiger partial charge in [-0.15, -0.1) is 0 Å². The van der Waals surface area contributed by atoms with Crippen LogP contribution in [0.15, 0.2) is 54.9 Å². The first-order valence-corrected chi connectivity index (χ1v) is 8.16. The highest BCUT2D eigenvalue weighted by atomic mass is 16.5. The van der Waals surface area contributed by atoms with Gasteiger partial charge in [-0.1, -0.05) is 18.2 Å². The van der Waals surface area contributed by atoms with Gasteiger partial charge in [0, 0.05) is 17.7 Å². The van der Waals surface area contributed by atoms with Crippen LogP contribution in [0, 0.1) is 0 Å². The Morgan fingerprint density at radius 3 is 2.60 bits per heavy atom. The maximum absolute atomic E-state index is 5.99. The first-order valence-electron chi connectivity index (χ1n) is 8.16. The number of para-hydroxylation sites is 1. The quantitative estimate of drug-likeness (QED) is 0.695. The molecule has 3 aromatic rings. The average Bonchev–Trinajstić information content (AvgIpc) is 2.63. The fourth-order valence-electron chi connectivity index (χ4n) is 2.70. The fraction of sp³-hybridized carbons (Fsp3) is 0.200. The van der Waals surface area contributed by atoms with Crippen LogP contribution in [0.4, 0.5) is 5.69 Å². The predicted molar refractivity (Wildman–Crippen MR) is 98.8 cm³/mol. The lowest BCUT2D eigenvalue weighted by atomic mass is 10.1. The molecule has 0 spiro atoms. The molecule has 25 heavy (non-hydrogen) atoms. The molecule has 0 aliphatic rings. The lowest BCUT2D eigenvalue weighted by Crippen LogP contribution is -1.99. The van der Waals surface area contributed by atoms with E-state index in [1.54, 1.807) is 13.4 Å². The van der Waals surface area contributed by atoms with E-state index >= 15 is 0 Å². The maximum atomic E-state index is 5.99. The Kier molecular flexibility index (Phi) is 5.14. The van der Waals surface area contributed by atoms with Crippen LogP contribution in [0.1, 0.15) is 18.2 Å². The van der Waals surface area contributed by atoms with Gasteiger partial charge < -0.3 is 15.2 Å². The first-order chi connectivity index (χ1) is 12.2. The third-order valence-electron chi connectivity index (χ3n) is 3.87. The Bertz CT molecular complexity index is 865. The van der Waals surface area contributed by atoms with Crippen molar-refractivity contribution in [1.82, 2.24) is 9.97 Å². The first kappa shape index (κ1) is 16.8. The molecule has 128 valence electrons. The molecule has 1 heterocycles. The Morgan fingerprint density at radius 2 is 1.84 bits per heavy atom. The summed E-state index contributed by atoms with van der Waals surface area (Å²) in [7, 11) is 1.61. The highest BCUT2D eigenvalue weighted by Crippen LogP contribution is 2.29. The van der Waals surface area contributed by atoms with Gasteiger partial charge in [0.15, 0.2) is 0 Å². The van der Waals surface area contributed by atoms with Crippen LogP contribution in [0.25, 0.3) is 11.3 Å². The molecule has 0 amide bonds. The van der Waals surface area contributed by atoms with Crippen LogP contribution >= 0.6 is 0 Å². The highest BCUT2D eigenvalue weighted by Gasteiger charge is 2.09. The van der Waals surface area contributed by atoms with E-state index in [1.807, 2.05) is 55.5 Å². The van der Waals surface area contributed by atoms with Crippen LogP contribution in [0.3, 0.4) is 0 Å². The van der Waals surface area contributed by atoms with E-state index in [0.717, 1.165) is 28.3 Å². The van der Waals surface area contributed by atoms with Crippen molar-refractivity contribution >= 4 is 5.69 Å². The number of ether oxygens (including phenoxy) is 2. The lowest BCUT2D eigenvalue weighted by molar-refractivity contribution is 0.341. The zero-order valence-corrected chi connectivity index (χ0v) is 14.4. The molecule has 1 aromatic heterocycles. The molecule has 5 heteroatoms. The number of rotatable bonds is 6. The third kappa shape index (κ3) is 3.88. The van der Waals surface area contributed by atoms with Gasteiger partial charge in [-0.05, 0) is 42.8 Å². The van der Waals surface area contributed by atoms with E-state index in [9.17, 15) is 0 Å². The van der Waals surface area contributed by atoms with E-state index in [-0.39, 0.29) is 0 Å². The number of hydrogen-bond donors (Lipinski definition) is 1. The number of anilines is 1. The van der Waals surface area contributed by atoms with Gasteiger partial charge >= 0.3 is 0 Å². The van der Waals surface area contributed by atoms with E-state index in [1.165, 1.54) is 0 Å². The fourth-order valence-corrected chi connectivity index (χ4v) is 2.70. The molecule has 0 saturated heterocycles. The van der Waals surface area contributed by atoms with Crippen LogP contribution < -0.4 is 15.2 Å². The monoisotopic (exact) mass is 335 g/mol. The zero-order valence-electron chi connectivity index (χ0n) is 14.4. The highest BCUT2D eigenvalue weighted by molar-refractivity contribution is 5.67. The number of nitrogens with zero attached hydrogens (tertiary/aromatic N) is 2. The van der Waals surface area contributed by atoms with Crippen LogP contribution in [-0.2, 0) is 6.42 Å². The summed E-state index contributed by atoms with van der Waals surface area (Å²) < 4.78 is 10.9. The van der Waals surface area contributed by atoms with Crippen LogP contribution in [0.5, 0.6) is 11.5 Å². The van der Waals surface area contributed by atoms with Crippen molar-refractivity contribution in [1.29, 1.82) is 0 Å². The second-order valence-electron chi connectivity index (χ2n) is 5.58. The summed E-state index contributed by atoms with van der Waals surface area (Å²) in [5.41, 5.74) is 10.4. The summed E-state index contributed by atoms with van der Waals surface area (Å²) >= 11 is 0. The number of aromatic nitrogens is 2. The molecular weight excluding hydrogens is 314 g/mol. The zero-order chi connectivity index (χ0) is 17.6. The molecule has 2 aromatic carbocycles. The van der Waals surface area contributed by atoms with Gasteiger partial charge in [0.25, 0.3) is 0 Å². The number of benzene rings is 2. The lowest BCUT2D eigenvalue weighted by Gasteiger charge is -2.10. The number of methoxy groups -OCH3 is 1. The van der Waals surface area contributed by atoms with Gasteiger partial charge in [-0.3, -0.25) is 0 Å². The van der Waals surface area contributed by atoms with Gasteiger partial charge in [-0.2, -0.15) is 0 Å². The molecule has 0 bridgehead atoms. The summed E-state index contributed by atoms with van der Waals surface area (Å²) in [4.78, 5) is 8.79. The van der Waals surface area contributed by atoms with Crippen molar-refractivity contribution in [3.63, 3.8) is 0 Å². The van der Waals surface area contributed by atoms with E-state index < -0.39 is 0 Å². The minimum atomic E-state index is 0.611. The molecule has 2 N–H and O–H groups in total. The molecule has 0 unspecified atom stereocenters. The maximum Gasteiger partial charge on any atom is 0.141 e. The van der Waals surface area contributed by atoms with E-state index in [4.69, 9.17) is 15.2 Å². The Morgan fingerprint density at radius 1 is 1.00 bits per heavy atom. The van der Waals surface area contributed by atoms with Crippen molar-refractivity contribution in [2.24, 2.45) is 0 Å². The number of nitrogen functional groups attached to an aromatic ring is 1. The second kappa shape index (κ2) is 7.66. The largest absolute Gasteiger partial charge is 0.495 e. The Labute approximate surface area is 147 Å². The van der Waals surface area contributed by atoms with Crippen molar-refractivity contribution < 1.29 is 9.47 Å². The predicted octanol–water partition coefficient (Wildman–Crippen LogP) is 3.72. The Hall–Kier alpha value is -3.08. The molecule has 3 rings (SSSR count). The van der Waals surface area contributed by atoms with Crippen molar-refractivity contribution in [2.75, 3.05) is 19.5 Å². The van der Waals surface area contributed by atoms with Gasteiger partial charge in [-0.25, -0.2) is 9.97 Å². The minimum Gasteiger partial charge on any atom is -0.495 e. The van der Waals surface area contributed by atoms with Crippen molar-refractivity contribution in [3.05, 3.63) is 66.1 Å². The molecule has 0 aliphatic heterocycles. The van der Waals surface area contributed by atoms with Gasteiger partial charge in [0.05, 0.1) is 25.1 Å². The van der Waals surface area contributed by atoms with Crippen molar-refractivity contribution in [3.8, 4) is 22.8 Å². The van der Waals surface area contributed by atoms with E-state index in [0.29, 0.717) is 24.5 Å². The number of nitrogens with two attached hydrogens (primary N) is 1. The van der Waals surface area contributed by atoms with Crippen LogP contribution in [-0.4, -0.2) is 23.7 Å². The summed E-state index contributed by atoms with van der Waals surface area (Å²) in [5, 5.41) is 0. The third-order valence-corrected chi connectivity index (χ3v) is 3.87. The molecule has 0 aliphatic carbocycles. The summed E-state index contributed by atoms with van der Waals surface area (Å²) in [5.74, 6) is 1.50. The molecule has 0 atom stereocenters. The minimum absolute atomic E-state index is 0.611. The Balaban J connectivity index is 1.88. The van der Waals surface area contributed by atoms with E-state index in [2.05, 4.69) is 9.97 Å². The molecule has 0 saturated carbocycles. The van der Waals surface area contributed by atoms with Gasteiger partial charge in [0.1, 0.15) is 17.8 Å². The average molecular weight is 335 g/mol. The van der Waals surface area contributed by atoms with Crippen LogP contribution in [0.2, 0.25) is 0 Å². The SMILES string of the molecule is CCOc1ccccc1-c1cc(Cc2ccc(OC)c(N)c2)ncn1. The smallest absolute Gasteiger partial charge is 0.141 e. The summed E-state index contributed by atoms with van der Waals surface area (Å²) in [6.07, 6.45) is 2.25. The summed E-state index contributed by atoms with van der Waals surface area (Å²) in [6, 6.07) is 15.6. The topological polar surface area (TPSA) is 70.3 Å². The standard InChI is InChI=1S/C20H21N3O2/c1-3-25-19-7-5-4-6-16(19)18-12-15(22-13-23-18)10-14-8-9-20(24-2)17(21)11-14/h4-9,11-13H,3,10,21H2,1-2H3. The second-order valence-corrected chi connectivity index (χ2v) is 5.58. The molecule has 0 fully saturated rings. The van der Waals surface area contributed by atoms with Crippen molar-refractivity contribution in [2.45, 2.75) is 13.3 Å². The normalized spacial score (nSPS) is 10.5. The summed E-state index contributed by atoms with van der Waals surface area (Å²) in [6.45, 7) is 2.58. The molecule has 0 radical (unpaired) electrons. The van der Waals surface area contributed by atoms with Gasteiger partial charge in [0.2, 0.25) is 0 Å². The molecule has 5 nitrogen and oxygen atoms in total. The number of hydrogen-bond acceptors (Lipinski definition) is 5.